The summed E-state index contributed by atoms with van der Waals surface area (Å²) in [5, 5.41) is 9.15. The van der Waals surface area contributed by atoms with Crippen molar-refractivity contribution in [3.8, 4) is 6.07 Å². The van der Waals surface area contributed by atoms with Crippen molar-refractivity contribution in [3.05, 3.63) is 53.1 Å². The number of nitrogens with zero attached hydrogens (tertiary/aromatic N) is 2. The molecule has 0 fully saturated rings. The number of hydrogen-bond donors (Lipinski definition) is 1. The quantitative estimate of drug-likeness (QED) is 0.829. The lowest BCUT2D eigenvalue weighted by molar-refractivity contribution is 0.520. The van der Waals surface area contributed by atoms with Crippen LogP contribution in [-0.2, 0) is 20.0 Å². The minimum absolute atomic E-state index is 0.116. The van der Waals surface area contributed by atoms with Crippen LogP contribution in [0.3, 0.4) is 0 Å². The first-order valence-corrected chi connectivity index (χ1v) is 10.1. The Balaban J connectivity index is 2.43. The van der Waals surface area contributed by atoms with Gasteiger partial charge in [0.05, 0.1) is 26.1 Å². The van der Waals surface area contributed by atoms with E-state index in [-0.39, 0.29) is 26.1 Å². The summed E-state index contributed by atoms with van der Waals surface area (Å²) in [5.74, 6) is 0. The van der Waals surface area contributed by atoms with Crippen molar-refractivity contribution in [1.29, 1.82) is 5.26 Å². The standard InChI is InChI=1S/C15H14ClN3O4S2/c1-19(2)25(22,23)14-5-3-4-13(9-14)24(20,21)18-12-6-7-15(16)11(8-12)10-17/h3-9,18H,1-2H3. The summed E-state index contributed by atoms with van der Waals surface area (Å²) in [7, 11) is -5.11. The molecule has 0 heterocycles. The van der Waals surface area contributed by atoms with E-state index in [0.717, 1.165) is 10.4 Å². The lowest BCUT2D eigenvalue weighted by atomic mass is 10.2. The third-order valence-corrected chi connectivity index (χ3v) is 6.75. The number of hydrogen-bond acceptors (Lipinski definition) is 5. The average molecular weight is 400 g/mol. The van der Waals surface area contributed by atoms with Crippen LogP contribution < -0.4 is 4.72 Å². The SMILES string of the molecule is CN(C)S(=O)(=O)c1cccc(S(=O)(=O)Nc2ccc(Cl)c(C#N)c2)c1. The van der Waals surface area contributed by atoms with Gasteiger partial charge in [-0.1, -0.05) is 17.7 Å². The number of benzene rings is 2. The van der Waals surface area contributed by atoms with E-state index in [1.165, 1.54) is 50.5 Å². The monoisotopic (exact) mass is 399 g/mol. The van der Waals surface area contributed by atoms with Crippen molar-refractivity contribution < 1.29 is 16.8 Å². The highest BCUT2D eigenvalue weighted by Gasteiger charge is 2.21. The molecule has 25 heavy (non-hydrogen) atoms. The van der Waals surface area contributed by atoms with Crippen molar-refractivity contribution in [1.82, 2.24) is 4.31 Å². The molecule has 0 spiro atoms. The molecule has 132 valence electrons. The Morgan fingerprint density at radius 2 is 1.68 bits per heavy atom. The summed E-state index contributed by atoms with van der Waals surface area (Å²) in [6.07, 6.45) is 0. The fraction of sp³-hybridized carbons (Fsp3) is 0.133. The van der Waals surface area contributed by atoms with Gasteiger partial charge in [-0.2, -0.15) is 5.26 Å². The highest BCUT2D eigenvalue weighted by Crippen LogP contribution is 2.23. The molecule has 0 atom stereocenters. The first-order chi connectivity index (χ1) is 11.6. The number of rotatable bonds is 5. The molecule has 0 bridgehead atoms. The lowest BCUT2D eigenvalue weighted by Gasteiger charge is -2.13. The van der Waals surface area contributed by atoms with Crippen LogP contribution in [-0.4, -0.2) is 35.2 Å². The molecule has 0 amide bonds. The van der Waals surface area contributed by atoms with Gasteiger partial charge >= 0.3 is 0 Å². The molecular weight excluding hydrogens is 386 g/mol. The smallest absolute Gasteiger partial charge is 0.261 e. The van der Waals surface area contributed by atoms with Gasteiger partial charge in [-0.15, -0.1) is 0 Å². The van der Waals surface area contributed by atoms with Gasteiger partial charge in [0.2, 0.25) is 10.0 Å². The number of nitrogens with one attached hydrogen (secondary N) is 1. The van der Waals surface area contributed by atoms with Gasteiger partial charge in [-0.3, -0.25) is 4.72 Å². The fourth-order valence-corrected chi connectivity index (χ4v) is 4.18. The Bertz CT molecular complexity index is 1060. The van der Waals surface area contributed by atoms with Crippen molar-refractivity contribution in [2.24, 2.45) is 0 Å². The van der Waals surface area contributed by atoms with Crippen molar-refractivity contribution >= 4 is 37.3 Å². The Kier molecular flexibility index (Phi) is 5.39. The van der Waals surface area contributed by atoms with E-state index in [4.69, 9.17) is 16.9 Å². The zero-order chi connectivity index (χ0) is 18.8. The molecule has 0 saturated carbocycles. The Hall–Kier alpha value is -2.12. The fourth-order valence-electron chi connectivity index (χ4n) is 1.90. The van der Waals surface area contributed by atoms with Gasteiger partial charge in [-0.05, 0) is 36.4 Å². The summed E-state index contributed by atoms with van der Waals surface area (Å²) in [4.78, 5) is -0.363. The second-order valence-corrected chi connectivity index (χ2v) is 9.42. The third kappa shape index (κ3) is 4.11. The molecule has 1 N–H and O–H groups in total. The second kappa shape index (κ2) is 7.01. The topological polar surface area (TPSA) is 107 Å². The average Bonchev–Trinajstić information content (AvgIpc) is 2.56. The van der Waals surface area contributed by atoms with E-state index in [1.54, 1.807) is 0 Å². The molecule has 2 aromatic carbocycles. The van der Waals surface area contributed by atoms with Gasteiger partial charge in [0.15, 0.2) is 0 Å². The predicted octanol–water partition coefficient (Wildman–Crippen LogP) is 2.26. The van der Waals surface area contributed by atoms with E-state index in [2.05, 4.69) is 4.72 Å². The minimum atomic E-state index is -4.05. The summed E-state index contributed by atoms with van der Waals surface area (Å²) in [5.41, 5.74) is 0.257. The molecule has 0 aliphatic carbocycles. The molecule has 2 rings (SSSR count). The number of sulfonamides is 2. The number of halogens is 1. The van der Waals surface area contributed by atoms with Crippen molar-refractivity contribution in [2.45, 2.75) is 9.79 Å². The summed E-state index contributed by atoms with van der Waals surface area (Å²) < 4.78 is 52.6. The van der Waals surface area contributed by atoms with Crippen LogP contribution in [0, 0.1) is 11.3 Å². The zero-order valence-corrected chi connectivity index (χ0v) is 15.7. The molecule has 0 aromatic heterocycles. The van der Waals surface area contributed by atoms with Crippen LogP contribution in [0.25, 0.3) is 0 Å². The number of nitriles is 1. The van der Waals surface area contributed by atoms with Crippen molar-refractivity contribution in [3.63, 3.8) is 0 Å². The number of anilines is 1. The van der Waals surface area contributed by atoms with Crippen LogP contribution in [0.1, 0.15) is 5.56 Å². The molecule has 0 aliphatic rings. The van der Waals surface area contributed by atoms with E-state index in [0.29, 0.717) is 0 Å². The molecular formula is C15H14ClN3O4S2. The van der Waals surface area contributed by atoms with E-state index >= 15 is 0 Å². The van der Waals surface area contributed by atoms with Gasteiger partial charge in [-0.25, -0.2) is 21.1 Å². The highest BCUT2D eigenvalue weighted by molar-refractivity contribution is 7.93. The van der Waals surface area contributed by atoms with Gasteiger partial charge in [0.25, 0.3) is 10.0 Å². The van der Waals surface area contributed by atoms with Crippen LogP contribution >= 0.6 is 11.6 Å². The molecule has 0 saturated heterocycles. The van der Waals surface area contributed by atoms with Gasteiger partial charge < -0.3 is 0 Å². The zero-order valence-electron chi connectivity index (χ0n) is 13.3. The Labute approximate surface area is 151 Å². The largest absolute Gasteiger partial charge is 0.280 e. The maximum atomic E-state index is 12.5. The van der Waals surface area contributed by atoms with Crippen LogP contribution in [0.15, 0.2) is 52.3 Å². The van der Waals surface area contributed by atoms with E-state index in [1.807, 2.05) is 6.07 Å². The molecule has 2 aromatic rings. The van der Waals surface area contributed by atoms with E-state index in [9.17, 15) is 16.8 Å². The highest BCUT2D eigenvalue weighted by atomic mass is 35.5. The summed E-state index contributed by atoms with van der Waals surface area (Å²) >= 11 is 5.81. The molecule has 0 aliphatic heterocycles. The summed E-state index contributed by atoms with van der Waals surface area (Å²) in [6, 6.07) is 10.9. The Morgan fingerprint density at radius 3 is 2.28 bits per heavy atom. The first kappa shape index (κ1) is 19.2. The Morgan fingerprint density at radius 1 is 1.04 bits per heavy atom. The molecule has 0 radical (unpaired) electrons. The second-order valence-electron chi connectivity index (χ2n) is 5.17. The van der Waals surface area contributed by atoms with Crippen LogP contribution in [0.2, 0.25) is 5.02 Å². The molecule has 10 heteroatoms. The maximum absolute atomic E-state index is 12.5. The van der Waals surface area contributed by atoms with Gasteiger partial charge in [0.1, 0.15) is 6.07 Å². The minimum Gasteiger partial charge on any atom is -0.280 e. The van der Waals surface area contributed by atoms with Crippen molar-refractivity contribution in [2.75, 3.05) is 18.8 Å². The lowest BCUT2D eigenvalue weighted by Crippen LogP contribution is -2.22. The van der Waals surface area contributed by atoms with Crippen LogP contribution in [0.4, 0.5) is 5.69 Å². The molecule has 7 nitrogen and oxygen atoms in total. The molecule has 0 unspecified atom stereocenters. The third-order valence-electron chi connectivity index (χ3n) is 3.23. The normalized spacial score (nSPS) is 12.0. The predicted molar refractivity (Wildman–Crippen MR) is 94.3 cm³/mol. The van der Waals surface area contributed by atoms with Crippen LogP contribution in [0.5, 0.6) is 0 Å². The first-order valence-electron chi connectivity index (χ1n) is 6.83. The maximum Gasteiger partial charge on any atom is 0.261 e. The van der Waals surface area contributed by atoms with E-state index < -0.39 is 20.0 Å². The van der Waals surface area contributed by atoms with Gasteiger partial charge in [0, 0.05) is 14.1 Å². The summed E-state index contributed by atoms with van der Waals surface area (Å²) in [6.45, 7) is 0.